The van der Waals surface area contributed by atoms with Crippen LogP contribution in [0.15, 0.2) is 41.2 Å². The van der Waals surface area contributed by atoms with Crippen LogP contribution in [0.3, 0.4) is 0 Å². The van der Waals surface area contributed by atoms with E-state index < -0.39 is 11.7 Å². The van der Waals surface area contributed by atoms with Crippen molar-refractivity contribution in [1.29, 1.82) is 0 Å². The highest BCUT2D eigenvalue weighted by Crippen LogP contribution is 2.31. The van der Waals surface area contributed by atoms with Gasteiger partial charge < -0.3 is 9.80 Å². The highest BCUT2D eigenvalue weighted by Gasteiger charge is 2.35. The Morgan fingerprint density at radius 1 is 1.03 bits per heavy atom. The first-order valence-electron chi connectivity index (χ1n) is 10.9. The molecule has 0 radical (unpaired) electrons. The van der Waals surface area contributed by atoms with Crippen molar-refractivity contribution >= 4 is 34.2 Å². The summed E-state index contributed by atoms with van der Waals surface area (Å²) in [6.07, 6.45) is 2.18. The van der Waals surface area contributed by atoms with Crippen LogP contribution in [-0.2, 0) is 11.2 Å². The number of hydrogen-bond acceptors (Lipinski definition) is 4. The van der Waals surface area contributed by atoms with Gasteiger partial charge in [0.25, 0.3) is 11.5 Å². The van der Waals surface area contributed by atoms with Crippen LogP contribution in [0.25, 0.3) is 10.8 Å². The molecule has 1 N–H and O–H groups in total. The molecular weight excluding hydrogens is 447 g/mol. The number of benzene rings is 2. The van der Waals surface area contributed by atoms with E-state index >= 15 is 0 Å². The van der Waals surface area contributed by atoms with Crippen LogP contribution in [0.2, 0.25) is 5.02 Å². The van der Waals surface area contributed by atoms with Crippen molar-refractivity contribution in [3.63, 3.8) is 0 Å². The van der Waals surface area contributed by atoms with Crippen LogP contribution >= 0.6 is 11.6 Å². The second kappa shape index (κ2) is 8.59. The number of nitrogens with one attached hydrogen (secondary N) is 1. The third-order valence-corrected chi connectivity index (χ3v) is 6.50. The van der Waals surface area contributed by atoms with Gasteiger partial charge in [-0.05, 0) is 48.7 Å². The maximum Gasteiger partial charge on any atom is 0.272 e. The molecule has 0 atom stereocenters. The van der Waals surface area contributed by atoms with Crippen molar-refractivity contribution < 1.29 is 14.0 Å². The first kappa shape index (κ1) is 21.6. The van der Waals surface area contributed by atoms with E-state index in [4.69, 9.17) is 11.6 Å². The number of carbonyl (C=O) groups excluding carboxylic acids is 2. The van der Waals surface area contributed by atoms with E-state index in [0.29, 0.717) is 53.2 Å². The van der Waals surface area contributed by atoms with Gasteiger partial charge in [0.1, 0.15) is 5.82 Å². The first-order valence-corrected chi connectivity index (χ1v) is 11.3. The van der Waals surface area contributed by atoms with E-state index in [1.54, 1.807) is 34.1 Å². The van der Waals surface area contributed by atoms with Crippen molar-refractivity contribution in [1.82, 2.24) is 20.0 Å². The van der Waals surface area contributed by atoms with Gasteiger partial charge in [-0.2, -0.15) is 5.10 Å². The SMILES string of the molecule is O=C(c1cc(Cc2n[nH]c(=O)c3ccc(Cl)cc23)ccc1F)N1CCN(C(=O)C2CC2)CC1. The molecule has 3 aromatic rings. The summed E-state index contributed by atoms with van der Waals surface area (Å²) in [5.41, 5.74) is 0.924. The molecule has 2 aromatic carbocycles. The highest BCUT2D eigenvalue weighted by molar-refractivity contribution is 6.31. The van der Waals surface area contributed by atoms with Crippen LogP contribution in [-0.4, -0.2) is 58.0 Å². The number of piperazine rings is 1. The number of amides is 2. The number of hydrogen-bond donors (Lipinski definition) is 1. The summed E-state index contributed by atoms with van der Waals surface area (Å²) in [5, 5.41) is 8.18. The Hall–Kier alpha value is -3.26. The molecule has 1 saturated carbocycles. The second-order valence-electron chi connectivity index (χ2n) is 8.57. The molecule has 170 valence electrons. The van der Waals surface area contributed by atoms with E-state index in [9.17, 15) is 18.8 Å². The molecule has 2 heterocycles. The van der Waals surface area contributed by atoms with E-state index in [1.807, 2.05) is 0 Å². The molecule has 0 unspecified atom stereocenters. The largest absolute Gasteiger partial charge is 0.339 e. The zero-order chi connectivity index (χ0) is 23.1. The number of rotatable bonds is 4. The number of carbonyl (C=O) groups is 2. The summed E-state index contributed by atoms with van der Waals surface area (Å²) in [5.74, 6) is -0.678. The zero-order valence-electron chi connectivity index (χ0n) is 17.8. The lowest BCUT2D eigenvalue weighted by atomic mass is 10.0. The zero-order valence-corrected chi connectivity index (χ0v) is 18.6. The Morgan fingerprint density at radius 3 is 2.48 bits per heavy atom. The molecule has 0 spiro atoms. The molecule has 2 fully saturated rings. The van der Waals surface area contributed by atoms with E-state index in [1.165, 1.54) is 12.1 Å². The van der Waals surface area contributed by atoms with Crippen LogP contribution in [0.5, 0.6) is 0 Å². The van der Waals surface area contributed by atoms with Crippen molar-refractivity contribution in [3.05, 3.63) is 74.4 Å². The van der Waals surface area contributed by atoms with Crippen molar-refractivity contribution in [2.45, 2.75) is 19.3 Å². The number of H-pyrrole nitrogens is 1. The number of nitrogens with zero attached hydrogens (tertiary/aromatic N) is 3. The third kappa shape index (κ3) is 4.35. The van der Waals surface area contributed by atoms with Crippen LogP contribution < -0.4 is 5.56 Å². The van der Waals surface area contributed by atoms with Crippen LogP contribution in [0.4, 0.5) is 4.39 Å². The van der Waals surface area contributed by atoms with E-state index in [-0.39, 0.29) is 29.4 Å². The lowest BCUT2D eigenvalue weighted by molar-refractivity contribution is -0.134. The smallest absolute Gasteiger partial charge is 0.272 e. The van der Waals surface area contributed by atoms with Crippen molar-refractivity contribution in [2.75, 3.05) is 26.2 Å². The molecule has 1 aliphatic carbocycles. The Labute approximate surface area is 194 Å². The molecule has 2 amide bonds. The summed E-state index contributed by atoms with van der Waals surface area (Å²) in [6, 6.07) is 9.34. The van der Waals surface area contributed by atoms with Gasteiger partial charge in [-0.15, -0.1) is 0 Å². The molecule has 33 heavy (non-hydrogen) atoms. The van der Waals surface area contributed by atoms with Crippen LogP contribution in [0, 0.1) is 11.7 Å². The topological polar surface area (TPSA) is 86.4 Å². The normalized spacial score (nSPS) is 16.3. The maximum absolute atomic E-state index is 14.6. The maximum atomic E-state index is 14.6. The average Bonchev–Trinajstić information content (AvgIpc) is 3.67. The van der Waals surface area contributed by atoms with Gasteiger partial charge in [-0.3, -0.25) is 14.4 Å². The fourth-order valence-electron chi connectivity index (χ4n) is 4.26. The Morgan fingerprint density at radius 2 is 1.76 bits per heavy atom. The first-order chi connectivity index (χ1) is 15.9. The Kier molecular flexibility index (Phi) is 5.62. The second-order valence-corrected chi connectivity index (χ2v) is 9.01. The molecule has 9 heteroatoms. The monoisotopic (exact) mass is 468 g/mol. The highest BCUT2D eigenvalue weighted by atomic mass is 35.5. The fraction of sp³-hybridized carbons (Fsp3) is 0.333. The number of fused-ring (bicyclic) bond motifs is 1. The minimum absolute atomic E-state index is 0.0127. The van der Waals surface area contributed by atoms with Crippen molar-refractivity contribution in [3.8, 4) is 0 Å². The van der Waals surface area contributed by atoms with Crippen molar-refractivity contribution in [2.24, 2.45) is 5.92 Å². The molecule has 5 rings (SSSR count). The molecule has 1 saturated heterocycles. The third-order valence-electron chi connectivity index (χ3n) is 6.27. The van der Waals surface area contributed by atoms with Gasteiger partial charge in [0.05, 0.1) is 16.6 Å². The van der Waals surface area contributed by atoms with Gasteiger partial charge in [0.15, 0.2) is 0 Å². The number of aromatic amines is 1. The van der Waals surface area contributed by atoms with E-state index in [0.717, 1.165) is 12.8 Å². The molecule has 1 aliphatic heterocycles. The number of aromatic nitrogens is 2. The number of halogens is 2. The van der Waals surface area contributed by atoms with Gasteiger partial charge >= 0.3 is 0 Å². The van der Waals surface area contributed by atoms with Gasteiger partial charge in [-0.1, -0.05) is 17.7 Å². The molecule has 7 nitrogen and oxygen atoms in total. The summed E-state index contributed by atoms with van der Waals surface area (Å²) >= 11 is 6.11. The van der Waals surface area contributed by atoms with Crippen LogP contribution in [0.1, 0.15) is 34.5 Å². The van der Waals surface area contributed by atoms with Gasteiger partial charge in [-0.25, -0.2) is 9.49 Å². The lowest BCUT2D eigenvalue weighted by Gasteiger charge is -2.35. The van der Waals surface area contributed by atoms with Gasteiger partial charge in [0, 0.05) is 48.9 Å². The molecular formula is C24H22ClFN4O3. The predicted molar refractivity (Wildman–Crippen MR) is 122 cm³/mol. The Bertz CT molecular complexity index is 1310. The molecule has 2 aliphatic rings. The summed E-state index contributed by atoms with van der Waals surface area (Å²) < 4.78 is 14.6. The molecule has 0 bridgehead atoms. The minimum Gasteiger partial charge on any atom is -0.339 e. The van der Waals surface area contributed by atoms with E-state index in [2.05, 4.69) is 10.2 Å². The average molecular weight is 469 g/mol. The Balaban J connectivity index is 1.36. The predicted octanol–water partition coefficient (Wildman–Crippen LogP) is 3.00. The summed E-state index contributed by atoms with van der Waals surface area (Å²) in [7, 11) is 0. The lowest BCUT2D eigenvalue weighted by Crippen LogP contribution is -2.51. The molecule has 1 aromatic heterocycles. The summed E-state index contributed by atoms with van der Waals surface area (Å²) in [4.78, 5) is 40.8. The minimum atomic E-state index is -0.595. The van der Waals surface area contributed by atoms with Gasteiger partial charge in [0.2, 0.25) is 5.91 Å². The fourth-order valence-corrected chi connectivity index (χ4v) is 4.43. The summed E-state index contributed by atoms with van der Waals surface area (Å²) in [6.45, 7) is 1.70. The standard InChI is InChI=1S/C24H22ClFN4O3/c25-16-4-5-17-18(13-16)21(27-28-22(17)31)12-14-1-6-20(26)19(11-14)24(33)30-9-7-29(8-10-30)23(32)15-2-3-15/h1,4-6,11,13,15H,2-3,7-10,12H2,(H,28,31). The quantitative estimate of drug-likeness (QED) is 0.637.